The third-order valence-corrected chi connectivity index (χ3v) is 5.89. The number of carbonyl (C=O) groups excluding carboxylic acids is 2. The van der Waals surface area contributed by atoms with Gasteiger partial charge in [-0.1, -0.05) is 41.9 Å². The molecule has 16 heteroatoms. The van der Waals surface area contributed by atoms with Gasteiger partial charge < -0.3 is 10.6 Å². The van der Waals surface area contributed by atoms with Gasteiger partial charge in [-0.05, 0) is 42.8 Å². The number of hydrogen-bond acceptors (Lipinski definition) is 2. The number of rotatable bonds is 8. The van der Waals surface area contributed by atoms with Crippen molar-refractivity contribution in [2.24, 2.45) is 0 Å². The molecule has 2 amide bonds. The fraction of sp³-hybridized carbons (Fsp3) is 0.280. The molecule has 0 aliphatic rings. The van der Waals surface area contributed by atoms with Crippen LogP contribution in [-0.4, -0.2) is 30.3 Å². The van der Waals surface area contributed by atoms with E-state index in [9.17, 15) is 49.1 Å². The molecular formula is C25H18Cl2F10N2O2. The van der Waals surface area contributed by atoms with E-state index in [1.165, 1.54) is 6.08 Å². The Bertz CT molecular complexity index is 1330. The zero-order valence-electron chi connectivity index (χ0n) is 20.5. The molecule has 0 bridgehead atoms. The molecule has 224 valence electrons. The van der Waals surface area contributed by atoms with Crippen molar-refractivity contribution in [1.82, 2.24) is 10.6 Å². The van der Waals surface area contributed by atoms with E-state index in [-0.39, 0.29) is 27.8 Å². The van der Waals surface area contributed by atoms with Gasteiger partial charge in [-0.15, -0.1) is 0 Å². The zero-order chi connectivity index (χ0) is 31.5. The predicted molar refractivity (Wildman–Crippen MR) is 132 cm³/mol. The maximum atomic E-state index is 15.0. The highest BCUT2D eigenvalue weighted by Gasteiger charge is 2.41. The number of hydrogen-bond donors (Lipinski definition) is 2. The summed E-state index contributed by atoms with van der Waals surface area (Å²) in [5, 5.41) is 3.07. The Kier molecular flexibility index (Phi) is 10.5. The average Bonchev–Trinajstić information content (AvgIpc) is 2.78. The van der Waals surface area contributed by atoms with Gasteiger partial charge in [0.15, 0.2) is 0 Å². The lowest BCUT2D eigenvalue weighted by Crippen LogP contribution is -2.47. The van der Waals surface area contributed by atoms with E-state index >= 15 is 4.39 Å². The predicted octanol–water partition coefficient (Wildman–Crippen LogP) is 8.46. The van der Waals surface area contributed by atoms with Crippen LogP contribution in [0.5, 0.6) is 0 Å². The van der Waals surface area contributed by atoms with Crippen LogP contribution >= 0.6 is 23.2 Å². The first-order valence-corrected chi connectivity index (χ1v) is 11.8. The Hall–Kier alpha value is -3.26. The molecule has 2 unspecified atom stereocenters. The van der Waals surface area contributed by atoms with Gasteiger partial charge in [-0.2, -0.15) is 39.5 Å². The van der Waals surface area contributed by atoms with Crippen molar-refractivity contribution in [3.05, 3.63) is 80.8 Å². The van der Waals surface area contributed by atoms with E-state index in [4.69, 9.17) is 23.2 Å². The molecule has 2 N–H and O–H groups in total. The molecule has 41 heavy (non-hydrogen) atoms. The van der Waals surface area contributed by atoms with Crippen molar-refractivity contribution in [3.8, 4) is 0 Å². The summed E-state index contributed by atoms with van der Waals surface area (Å²) in [6, 6.07) is 2.82. The van der Waals surface area contributed by atoms with E-state index in [0.29, 0.717) is 12.1 Å². The van der Waals surface area contributed by atoms with Crippen LogP contribution in [0.15, 0.2) is 43.0 Å². The van der Waals surface area contributed by atoms with Gasteiger partial charge in [-0.25, -0.2) is 4.39 Å². The first-order valence-electron chi connectivity index (χ1n) is 11.1. The van der Waals surface area contributed by atoms with Crippen molar-refractivity contribution >= 4 is 46.9 Å². The topological polar surface area (TPSA) is 58.2 Å². The zero-order valence-corrected chi connectivity index (χ0v) is 22.0. The second-order valence-electron chi connectivity index (χ2n) is 8.45. The maximum absolute atomic E-state index is 15.0. The smallest absolute Gasteiger partial charge is 0.336 e. The van der Waals surface area contributed by atoms with Crippen LogP contribution in [0, 0.1) is 0 Å². The average molecular weight is 639 g/mol. The largest absolute Gasteiger partial charge is 0.417 e. The van der Waals surface area contributed by atoms with Crippen molar-refractivity contribution in [2.45, 2.75) is 44.0 Å². The van der Waals surface area contributed by atoms with E-state index in [1.807, 2.05) is 5.32 Å². The van der Waals surface area contributed by atoms with Gasteiger partial charge in [0.1, 0.15) is 18.2 Å². The summed E-state index contributed by atoms with van der Waals surface area (Å²) < 4.78 is 135. The minimum absolute atomic E-state index is 0.00304. The molecule has 0 aliphatic heterocycles. The van der Waals surface area contributed by atoms with Crippen molar-refractivity contribution < 1.29 is 53.5 Å². The van der Waals surface area contributed by atoms with Gasteiger partial charge in [0.25, 0.3) is 5.91 Å². The van der Waals surface area contributed by atoms with Gasteiger partial charge >= 0.3 is 18.5 Å². The van der Waals surface area contributed by atoms with Crippen LogP contribution in [0.25, 0.3) is 11.9 Å². The molecule has 0 saturated carbocycles. The Balaban J connectivity index is 2.46. The maximum Gasteiger partial charge on any atom is 0.417 e. The third-order valence-electron chi connectivity index (χ3n) is 5.26. The van der Waals surface area contributed by atoms with Crippen LogP contribution in [0.3, 0.4) is 0 Å². The van der Waals surface area contributed by atoms with Gasteiger partial charge in [0, 0.05) is 21.2 Å². The standard InChI is InChI=1S/C25H18Cl2F10N2O2/c1-3-14-18(26)7-13(8-19(14)27)16(24(32,33)34)9-20(28)12-4-5-15(17(6-12)25(35,36)37)22(41)39-11(2)38-21(40)10-23(29,30)31/h3-9,11,16H,1,10H2,2H3,(H,38,40)(H,39,41)/b20-9-. The van der Waals surface area contributed by atoms with Crippen molar-refractivity contribution in [2.75, 3.05) is 0 Å². The Morgan fingerprint density at radius 1 is 0.951 bits per heavy atom. The molecule has 2 rings (SSSR count). The van der Waals surface area contributed by atoms with E-state index in [2.05, 4.69) is 6.58 Å². The van der Waals surface area contributed by atoms with Crippen LogP contribution in [0.1, 0.15) is 51.9 Å². The number of carbonyl (C=O) groups is 2. The first-order chi connectivity index (χ1) is 18.6. The molecule has 0 aromatic heterocycles. The monoisotopic (exact) mass is 638 g/mol. The molecule has 0 spiro atoms. The highest BCUT2D eigenvalue weighted by molar-refractivity contribution is 6.37. The number of halogens is 12. The van der Waals surface area contributed by atoms with Crippen molar-refractivity contribution in [3.63, 3.8) is 0 Å². The van der Waals surface area contributed by atoms with E-state index in [1.54, 1.807) is 5.32 Å². The minimum Gasteiger partial charge on any atom is -0.336 e. The Morgan fingerprint density at radius 2 is 1.51 bits per heavy atom. The number of alkyl halides is 9. The lowest BCUT2D eigenvalue weighted by Gasteiger charge is -2.20. The summed E-state index contributed by atoms with van der Waals surface area (Å²) >= 11 is 11.8. The highest BCUT2D eigenvalue weighted by atomic mass is 35.5. The molecule has 2 aromatic rings. The Labute approximate surface area is 236 Å². The molecule has 0 saturated heterocycles. The van der Waals surface area contributed by atoms with Gasteiger partial charge in [-0.3, -0.25) is 9.59 Å². The lowest BCUT2D eigenvalue weighted by molar-refractivity contribution is -0.154. The summed E-state index contributed by atoms with van der Waals surface area (Å²) in [6.45, 7) is 4.38. The number of allylic oxidation sites excluding steroid dienone is 1. The SMILES string of the molecule is C=Cc1c(Cl)cc(C(/C=C(\F)c2ccc(C(=O)NC(C)NC(=O)CC(F)(F)F)c(C(F)(F)F)c2)C(F)(F)F)cc1Cl. The summed E-state index contributed by atoms with van der Waals surface area (Å²) in [4.78, 5) is 23.8. The lowest BCUT2D eigenvalue weighted by atomic mass is 9.94. The first kappa shape index (κ1) is 33.9. The molecule has 2 aromatic carbocycles. The molecular weight excluding hydrogens is 621 g/mol. The molecule has 0 radical (unpaired) electrons. The van der Waals surface area contributed by atoms with Crippen LogP contribution in [0.4, 0.5) is 43.9 Å². The second kappa shape index (κ2) is 12.7. The van der Waals surface area contributed by atoms with Gasteiger partial charge in [0.05, 0.1) is 17.3 Å². The van der Waals surface area contributed by atoms with Crippen LogP contribution < -0.4 is 10.6 Å². The fourth-order valence-corrected chi connectivity index (χ4v) is 4.17. The fourth-order valence-electron chi connectivity index (χ4n) is 3.51. The van der Waals surface area contributed by atoms with Crippen LogP contribution in [0.2, 0.25) is 10.0 Å². The summed E-state index contributed by atoms with van der Waals surface area (Å²) in [7, 11) is 0. The number of nitrogens with one attached hydrogen (secondary N) is 2. The minimum atomic E-state index is -5.32. The second-order valence-corrected chi connectivity index (χ2v) is 9.26. The molecule has 0 aliphatic carbocycles. The molecule has 4 nitrogen and oxygen atoms in total. The summed E-state index contributed by atoms with van der Waals surface area (Å²) in [5.74, 6) is -7.54. The number of benzene rings is 2. The van der Waals surface area contributed by atoms with E-state index < -0.39 is 76.9 Å². The normalized spacial score (nSPS) is 14.3. The van der Waals surface area contributed by atoms with Crippen molar-refractivity contribution in [1.29, 1.82) is 0 Å². The summed E-state index contributed by atoms with van der Waals surface area (Å²) in [6.07, 6.45) is -17.7. The third kappa shape index (κ3) is 9.38. The van der Waals surface area contributed by atoms with Gasteiger partial charge in [0.2, 0.25) is 5.91 Å². The van der Waals surface area contributed by atoms with E-state index in [0.717, 1.165) is 19.1 Å². The number of amides is 2. The Morgan fingerprint density at radius 3 is 1.98 bits per heavy atom. The highest BCUT2D eigenvalue weighted by Crippen LogP contribution is 2.42. The molecule has 0 heterocycles. The summed E-state index contributed by atoms with van der Waals surface area (Å²) in [5.41, 5.74) is -4.41. The molecule has 0 fully saturated rings. The quantitative estimate of drug-likeness (QED) is 0.225. The molecule has 2 atom stereocenters. The van der Waals surface area contributed by atoms with Crippen LogP contribution in [-0.2, 0) is 11.0 Å².